The van der Waals surface area contributed by atoms with Crippen molar-refractivity contribution in [3.05, 3.63) is 59.4 Å². The molecule has 1 saturated heterocycles. The van der Waals surface area contributed by atoms with Crippen LogP contribution in [0.1, 0.15) is 15.9 Å². The second kappa shape index (κ2) is 7.05. The molecule has 0 aliphatic carbocycles. The lowest BCUT2D eigenvalue weighted by Gasteiger charge is -2.36. The molecule has 1 aliphatic rings. The van der Waals surface area contributed by atoms with E-state index in [1.165, 1.54) is 18.2 Å². The van der Waals surface area contributed by atoms with Crippen LogP contribution in [0.15, 0.2) is 47.4 Å². The van der Waals surface area contributed by atoms with Crippen LogP contribution in [0.2, 0.25) is 0 Å². The van der Waals surface area contributed by atoms with Gasteiger partial charge >= 0.3 is 0 Å². The molecule has 26 heavy (non-hydrogen) atoms. The van der Waals surface area contributed by atoms with Crippen molar-refractivity contribution in [1.29, 1.82) is 0 Å². The SMILES string of the molecule is Cc1ccc(C(=O)N2CCN(c3ccc(F)cc3)CC2)cc1S(N)(=O)=O. The van der Waals surface area contributed by atoms with E-state index < -0.39 is 10.0 Å². The van der Waals surface area contributed by atoms with Crippen molar-refractivity contribution >= 4 is 21.6 Å². The number of rotatable bonds is 3. The number of hydrogen-bond donors (Lipinski definition) is 1. The van der Waals surface area contributed by atoms with Gasteiger partial charge in [-0.05, 0) is 48.9 Å². The van der Waals surface area contributed by atoms with E-state index in [-0.39, 0.29) is 16.6 Å². The summed E-state index contributed by atoms with van der Waals surface area (Å²) in [5.74, 6) is -0.513. The zero-order valence-corrected chi connectivity index (χ0v) is 15.2. The van der Waals surface area contributed by atoms with Crippen LogP contribution in [-0.2, 0) is 10.0 Å². The number of piperazine rings is 1. The first-order valence-corrected chi connectivity index (χ1v) is 9.73. The molecular formula is C18H20FN3O3S. The molecule has 0 radical (unpaired) electrons. The average Bonchev–Trinajstić information content (AvgIpc) is 2.61. The Morgan fingerprint density at radius 2 is 1.65 bits per heavy atom. The summed E-state index contributed by atoms with van der Waals surface area (Å²) in [5, 5.41) is 5.21. The van der Waals surface area contributed by atoms with Crippen LogP contribution in [0, 0.1) is 12.7 Å². The summed E-state index contributed by atoms with van der Waals surface area (Å²) in [5.41, 5.74) is 1.71. The van der Waals surface area contributed by atoms with Crippen molar-refractivity contribution in [3.63, 3.8) is 0 Å². The fourth-order valence-electron chi connectivity index (χ4n) is 3.04. The maximum absolute atomic E-state index is 13.0. The molecule has 2 aromatic carbocycles. The summed E-state index contributed by atoms with van der Waals surface area (Å²) in [7, 11) is -3.88. The molecule has 1 fully saturated rings. The molecule has 8 heteroatoms. The maximum atomic E-state index is 13.0. The van der Waals surface area contributed by atoms with E-state index in [0.717, 1.165) is 5.69 Å². The highest BCUT2D eigenvalue weighted by molar-refractivity contribution is 7.89. The monoisotopic (exact) mass is 377 g/mol. The van der Waals surface area contributed by atoms with Crippen LogP contribution in [0.4, 0.5) is 10.1 Å². The largest absolute Gasteiger partial charge is 0.368 e. The molecule has 2 N–H and O–H groups in total. The fraction of sp³-hybridized carbons (Fsp3) is 0.278. The Labute approximate surface area is 152 Å². The third-order valence-corrected chi connectivity index (χ3v) is 5.55. The molecule has 1 amide bonds. The van der Waals surface area contributed by atoms with E-state index in [1.54, 1.807) is 36.1 Å². The Hall–Kier alpha value is -2.45. The Morgan fingerprint density at radius 3 is 2.23 bits per heavy atom. The van der Waals surface area contributed by atoms with Crippen molar-refractivity contribution in [3.8, 4) is 0 Å². The molecule has 3 rings (SSSR count). The van der Waals surface area contributed by atoms with E-state index in [9.17, 15) is 17.6 Å². The van der Waals surface area contributed by atoms with Crippen molar-refractivity contribution in [2.45, 2.75) is 11.8 Å². The molecule has 138 valence electrons. The minimum Gasteiger partial charge on any atom is -0.368 e. The Morgan fingerprint density at radius 1 is 1.04 bits per heavy atom. The molecule has 1 aliphatic heterocycles. The summed E-state index contributed by atoms with van der Waals surface area (Å²) in [6.45, 7) is 3.86. The van der Waals surface area contributed by atoms with E-state index in [0.29, 0.717) is 37.3 Å². The molecule has 0 aromatic heterocycles. The topological polar surface area (TPSA) is 83.7 Å². The summed E-state index contributed by atoms with van der Waals surface area (Å²) in [4.78, 5) is 16.4. The number of benzene rings is 2. The van der Waals surface area contributed by atoms with E-state index in [1.807, 2.05) is 0 Å². The molecule has 0 spiro atoms. The standard InChI is InChI=1S/C18H20FN3O3S/c1-13-2-3-14(12-17(13)26(20,24)25)18(23)22-10-8-21(9-11-22)16-6-4-15(19)5-7-16/h2-7,12H,8-11H2,1H3,(H2,20,24,25). The number of halogens is 1. The van der Waals surface area contributed by atoms with Crippen LogP contribution in [-0.4, -0.2) is 45.4 Å². The quantitative estimate of drug-likeness (QED) is 0.883. The predicted molar refractivity (Wildman–Crippen MR) is 97.1 cm³/mol. The lowest BCUT2D eigenvalue weighted by atomic mass is 10.1. The number of aryl methyl sites for hydroxylation is 1. The lowest BCUT2D eigenvalue weighted by Crippen LogP contribution is -2.48. The number of nitrogens with two attached hydrogens (primary N) is 1. The van der Waals surface area contributed by atoms with Gasteiger partial charge in [0.25, 0.3) is 5.91 Å². The highest BCUT2D eigenvalue weighted by Gasteiger charge is 2.24. The minimum atomic E-state index is -3.88. The molecule has 0 bridgehead atoms. The van der Waals surface area contributed by atoms with Gasteiger partial charge in [-0.1, -0.05) is 6.07 Å². The normalized spacial score (nSPS) is 15.2. The van der Waals surface area contributed by atoms with Gasteiger partial charge in [0.05, 0.1) is 4.90 Å². The summed E-state index contributed by atoms with van der Waals surface area (Å²) in [6.07, 6.45) is 0. The number of hydrogen-bond acceptors (Lipinski definition) is 4. The first kappa shape index (κ1) is 18.3. The number of anilines is 1. The Bertz CT molecular complexity index is 921. The molecule has 6 nitrogen and oxygen atoms in total. The van der Waals surface area contributed by atoms with Gasteiger partial charge in [-0.2, -0.15) is 0 Å². The third-order valence-electron chi connectivity index (χ3n) is 4.50. The van der Waals surface area contributed by atoms with Gasteiger partial charge < -0.3 is 9.80 Å². The predicted octanol–water partition coefficient (Wildman–Crippen LogP) is 1.74. The molecule has 0 unspecified atom stereocenters. The number of nitrogens with zero attached hydrogens (tertiary/aromatic N) is 2. The molecule has 1 heterocycles. The third kappa shape index (κ3) is 3.86. The van der Waals surface area contributed by atoms with Gasteiger partial charge in [0.2, 0.25) is 10.0 Å². The fourth-order valence-corrected chi connectivity index (χ4v) is 3.85. The van der Waals surface area contributed by atoms with Gasteiger partial charge in [-0.15, -0.1) is 0 Å². The zero-order chi connectivity index (χ0) is 18.9. The molecule has 2 aromatic rings. The van der Waals surface area contributed by atoms with Gasteiger partial charge in [0, 0.05) is 37.4 Å². The lowest BCUT2D eigenvalue weighted by molar-refractivity contribution is 0.0746. The smallest absolute Gasteiger partial charge is 0.254 e. The number of amides is 1. The molecule has 0 saturated carbocycles. The van der Waals surface area contributed by atoms with Crippen LogP contribution in [0.5, 0.6) is 0 Å². The highest BCUT2D eigenvalue weighted by atomic mass is 32.2. The van der Waals surface area contributed by atoms with Crippen molar-refractivity contribution in [2.75, 3.05) is 31.1 Å². The zero-order valence-electron chi connectivity index (χ0n) is 14.4. The average molecular weight is 377 g/mol. The summed E-state index contributed by atoms with van der Waals surface area (Å²) >= 11 is 0. The molecular weight excluding hydrogens is 357 g/mol. The molecule has 0 atom stereocenters. The Kier molecular flexibility index (Phi) is 4.97. The first-order valence-electron chi connectivity index (χ1n) is 8.19. The van der Waals surface area contributed by atoms with Crippen molar-refractivity contribution < 1.29 is 17.6 Å². The Balaban J connectivity index is 1.72. The maximum Gasteiger partial charge on any atom is 0.254 e. The van der Waals surface area contributed by atoms with E-state index in [4.69, 9.17) is 5.14 Å². The minimum absolute atomic E-state index is 0.0340. The van der Waals surface area contributed by atoms with Gasteiger partial charge in [-0.25, -0.2) is 17.9 Å². The number of carbonyl (C=O) groups is 1. The van der Waals surface area contributed by atoms with Crippen LogP contribution in [0.3, 0.4) is 0 Å². The summed E-state index contributed by atoms with van der Waals surface area (Å²) < 4.78 is 36.3. The van der Waals surface area contributed by atoms with Gasteiger partial charge in [-0.3, -0.25) is 4.79 Å². The van der Waals surface area contributed by atoms with Crippen LogP contribution in [0.25, 0.3) is 0 Å². The van der Waals surface area contributed by atoms with Crippen LogP contribution < -0.4 is 10.0 Å². The number of primary sulfonamides is 1. The van der Waals surface area contributed by atoms with Crippen molar-refractivity contribution in [2.24, 2.45) is 5.14 Å². The summed E-state index contributed by atoms with van der Waals surface area (Å²) in [6, 6.07) is 10.8. The van der Waals surface area contributed by atoms with Gasteiger partial charge in [0.15, 0.2) is 0 Å². The van der Waals surface area contributed by atoms with Crippen molar-refractivity contribution in [1.82, 2.24) is 4.90 Å². The highest BCUT2D eigenvalue weighted by Crippen LogP contribution is 2.20. The second-order valence-electron chi connectivity index (χ2n) is 6.28. The first-order chi connectivity index (χ1) is 12.3. The number of carbonyl (C=O) groups excluding carboxylic acids is 1. The van der Waals surface area contributed by atoms with E-state index in [2.05, 4.69) is 4.90 Å². The van der Waals surface area contributed by atoms with E-state index >= 15 is 0 Å². The number of sulfonamides is 1. The van der Waals surface area contributed by atoms with Crippen LogP contribution >= 0.6 is 0 Å². The van der Waals surface area contributed by atoms with Gasteiger partial charge in [0.1, 0.15) is 5.82 Å². The second-order valence-corrected chi connectivity index (χ2v) is 7.81.